The van der Waals surface area contributed by atoms with Crippen LogP contribution in [-0.2, 0) is 14.4 Å². The smallest absolute Gasteiger partial charge is 0.255 e. The number of carbonyl (C=O) groups excluding carboxylic acids is 4. The van der Waals surface area contributed by atoms with Crippen molar-refractivity contribution in [2.45, 2.75) is 57.4 Å². The molecule has 39 heavy (non-hydrogen) atoms. The lowest BCUT2D eigenvalue weighted by molar-refractivity contribution is -0.134. The molecule has 10 heteroatoms. The van der Waals surface area contributed by atoms with Gasteiger partial charge in [0, 0.05) is 19.1 Å². The van der Waals surface area contributed by atoms with Gasteiger partial charge in [0.2, 0.25) is 17.7 Å². The quantitative estimate of drug-likeness (QED) is 0.461. The van der Waals surface area contributed by atoms with Gasteiger partial charge in [0.25, 0.3) is 5.91 Å². The summed E-state index contributed by atoms with van der Waals surface area (Å²) in [5, 5.41) is 11.8. The largest absolute Gasteiger partial charge is 0.491 e. The number of hydrogen-bond donors (Lipinski definition) is 4. The molecule has 0 atom stereocenters. The Morgan fingerprint density at radius 1 is 0.974 bits per heavy atom. The number of hydrogen-bond acceptors (Lipinski definition) is 6. The van der Waals surface area contributed by atoms with Crippen molar-refractivity contribution in [3.05, 3.63) is 42.0 Å². The van der Waals surface area contributed by atoms with Crippen LogP contribution in [0, 0.1) is 5.41 Å². The van der Waals surface area contributed by atoms with Crippen LogP contribution >= 0.6 is 0 Å². The predicted octanol–water partition coefficient (Wildman–Crippen LogP) is 1.52. The minimum absolute atomic E-state index is 0.0501. The highest BCUT2D eigenvalue weighted by molar-refractivity contribution is 5.97. The van der Waals surface area contributed by atoms with Gasteiger partial charge in [0.1, 0.15) is 12.4 Å². The minimum atomic E-state index is -0.680. The number of likely N-dealkylation sites (tertiary alicyclic amines) is 1. The molecule has 4 rings (SSSR count). The van der Waals surface area contributed by atoms with Crippen LogP contribution in [0.2, 0.25) is 0 Å². The van der Waals surface area contributed by atoms with Gasteiger partial charge >= 0.3 is 0 Å². The second-order valence-electron chi connectivity index (χ2n) is 10.7. The van der Waals surface area contributed by atoms with Crippen molar-refractivity contribution in [1.82, 2.24) is 26.2 Å². The van der Waals surface area contributed by atoms with Gasteiger partial charge in [-0.1, -0.05) is 37.5 Å². The Bertz CT molecular complexity index is 1040. The summed E-state index contributed by atoms with van der Waals surface area (Å²) < 4.78 is 5.72. The Hall–Kier alpha value is -3.40. The molecule has 10 nitrogen and oxygen atoms in total. The molecule has 3 aliphatic rings. The molecule has 1 saturated carbocycles. The van der Waals surface area contributed by atoms with Crippen molar-refractivity contribution in [1.29, 1.82) is 0 Å². The van der Waals surface area contributed by atoms with E-state index in [0.717, 1.165) is 12.8 Å². The monoisotopic (exact) mass is 539 g/mol. The molecule has 4 amide bonds. The van der Waals surface area contributed by atoms with Crippen molar-refractivity contribution in [2.24, 2.45) is 5.41 Å². The Kier molecular flexibility index (Phi) is 10.4. The zero-order valence-corrected chi connectivity index (χ0v) is 22.6. The van der Waals surface area contributed by atoms with E-state index in [-0.39, 0.29) is 55.9 Å². The van der Waals surface area contributed by atoms with E-state index < -0.39 is 5.41 Å². The zero-order valence-electron chi connectivity index (χ0n) is 22.6. The topological polar surface area (TPSA) is 129 Å². The van der Waals surface area contributed by atoms with Gasteiger partial charge < -0.3 is 26.0 Å². The van der Waals surface area contributed by atoms with Crippen molar-refractivity contribution in [3.8, 4) is 5.75 Å². The third-order valence-corrected chi connectivity index (χ3v) is 7.90. The first-order valence-corrected chi connectivity index (χ1v) is 14.2. The average Bonchev–Trinajstić information content (AvgIpc) is 2.94. The molecule has 1 aliphatic carbocycles. The fraction of sp³-hybridized carbons (Fsp3) is 0.586. The number of amides is 4. The normalized spacial score (nSPS) is 22.8. The number of benzene rings is 1. The molecule has 1 aromatic carbocycles. The molecular formula is C29H41N5O5. The first-order chi connectivity index (χ1) is 18.9. The van der Waals surface area contributed by atoms with Gasteiger partial charge in [0.15, 0.2) is 0 Å². The highest BCUT2D eigenvalue weighted by atomic mass is 16.5. The van der Waals surface area contributed by atoms with Crippen LogP contribution in [0.3, 0.4) is 0 Å². The fourth-order valence-electron chi connectivity index (χ4n) is 5.59. The molecule has 1 spiro atoms. The van der Waals surface area contributed by atoms with E-state index >= 15 is 0 Å². The fourth-order valence-corrected chi connectivity index (χ4v) is 5.59. The van der Waals surface area contributed by atoms with Gasteiger partial charge in [-0.25, -0.2) is 0 Å². The number of nitrogens with one attached hydrogen (secondary N) is 4. The summed E-state index contributed by atoms with van der Waals surface area (Å²) >= 11 is 0. The molecular weight excluding hydrogens is 498 g/mol. The van der Waals surface area contributed by atoms with Crippen LogP contribution in [0.4, 0.5) is 0 Å². The first kappa shape index (κ1) is 28.6. The Morgan fingerprint density at radius 2 is 1.72 bits per heavy atom. The summed E-state index contributed by atoms with van der Waals surface area (Å²) in [6, 6.07) is 7.21. The number of nitrogens with zero attached hydrogens (tertiary/aromatic N) is 1. The molecule has 2 fully saturated rings. The number of carbonyl (C=O) groups is 4. The number of para-hydroxylation sites is 1. The Labute approximate surface area is 230 Å². The van der Waals surface area contributed by atoms with Crippen molar-refractivity contribution in [3.63, 3.8) is 0 Å². The van der Waals surface area contributed by atoms with Crippen molar-refractivity contribution in [2.75, 3.05) is 45.9 Å². The summed E-state index contributed by atoms with van der Waals surface area (Å²) in [6.45, 7) is 2.64. The van der Waals surface area contributed by atoms with Gasteiger partial charge in [0.05, 0.1) is 24.1 Å². The maximum atomic E-state index is 13.4. The molecule has 0 bridgehead atoms. The molecule has 0 unspecified atom stereocenters. The second kappa shape index (κ2) is 14.1. The molecule has 0 aromatic heterocycles. The predicted molar refractivity (Wildman–Crippen MR) is 147 cm³/mol. The van der Waals surface area contributed by atoms with Crippen molar-refractivity contribution >= 4 is 23.6 Å². The molecule has 1 saturated heterocycles. The summed E-state index contributed by atoms with van der Waals surface area (Å²) in [6.07, 6.45) is 10.5. The highest BCUT2D eigenvalue weighted by Gasteiger charge is 2.40. The van der Waals surface area contributed by atoms with Crippen LogP contribution in [0.5, 0.6) is 5.75 Å². The third-order valence-electron chi connectivity index (χ3n) is 7.90. The van der Waals surface area contributed by atoms with Crippen LogP contribution in [-0.4, -0.2) is 80.4 Å². The highest BCUT2D eigenvalue weighted by Crippen LogP contribution is 2.36. The summed E-state index contributed by atoms with van der Waals surface area (Å²) in [5.74, 6) is -0.160. The van der Waals surface area contributed by atoms with Crippen LogP contribution < -0.4 is 26.0 Å². The first-order valence-electron chi connectivity index (χ1n) is 14.2. The summed E-state index contributed by atoms with van der Waals surface area (Å²) in [4.78, 5) is 53.2. The number of piperidine rings is 1. The van der Waals surface area contributed by atoms with E-state index in [1.807, 2.05) is 0 Å². The minimum Gasteiger partial charge on any atom is -0.491 e. The maximum absolute atomic E-state index is 13.4. The number of allylic oxidation sites excluding steroid dienone is 1. The number of ether oxygens (including phenoxy) is 1. The van der Waals surface area contributed by atoms with Crippen molar-refractivity contribution < 1.29 is 23.9 Å². The molecule has 2 heterocycles. The third kappa shape index (κ3) is 8.29. The molecule has 1 aromatic rings. The lowest BCUT2D eigenvalue weighted by Gasteiger charge is -2.40. The second-order valence-corrected chi connectivity index (χ2v) is 10.7. The van der Waals surface area contributed by atoms with Gasteiger partial charge in [-0.2, -0.15) is 0 Å². The maximum Gasteiger partial charge on any atom is 0.255 e. The SMILES string of the molecule is O=C1/C=C/CC2(CCN(CC(=O)NC3CCCCC3)CC2)C(=O)NCCNC(=O)c2ccccc2OCCN1. The van der Waals surface area contributed by atoms with E-state index in [1.54, 1.807) is 30.3 Å². The number of fused-ring (bicyclic) bond motifs is 1. The molecule has 0 radical (unpaired) electrons. The van der Waals surface area contributed by atoms with Gasteiger partial charge in [-0.05, 0) is 63.4 Å². The summed E-state index contributed by atoms with van der Waals surface area (Å²) in [7, 11) is 0. The molecule has 212 valence electrons. The van der Waals surface area contributed by atoms with E-state index in [1.165, 1.54) is 25.3 Å². The Balaban J connectivity index is 1.36. The zero-order chi connectivity index (χ0) is 27.5. The van der Waals surface area contributed by atoms with E-state index in [4.69, 9.17) is 4.74 Å². The van der Waals surface area contributed by atoms with E-state index in [0.29, 0.717) is 50.2 Å². The van der Waals surface area contributed by atoms with Crippen LogP contribution in [0.15, 0.2) is 36.4 Å². The number of rotatable bonds is 3. The average molecular weight is 540 g/mol. The molecule has 4 N–H and O–H groups in total. The van der Waals surface area contributed by atoms with Crippen LogP contribution in [0.25, 0.3) is 0 Å². The van der Waals surface area contributed by atoms with Gasteiger partial charge in [-0.3, -0.25) is 24.1 Å². The lowest BCUT2D eigenvalue weighted by atomic mass is 9.74. The standard InChI is InChI=1S/C29H41N5O5/c35-25-11-6-12-29(13-18-34(19-14-29)21-26(36)33-22-7-2-1-3-8-22)28(38)32-16-15-31-27(37)23-9-4-5-10-24(23)39-20-17-30-25/h4-6,9-11,22H,1-3,7-8,12-21H2,(H,30,35)(H,31,37)(H,32,38)(H,33,36)/b11-6+. The lowest BCUT2D eigenvalue weighted by Crippen LogP contribution is -2.52. The molecule has 2 aliphatic heterocycles. The summed E-state index contributed by atoms with van der Waals surface area (Å²) in [5.41, 5.74) is -0.281. The Morgan fingerprint density at radius 3 is 2.51 bits per heavy atom. The van der Waals surface area contributed by atoms with Gasteiger partial charge in [-0.15, -0.1) is 0 Å². The van der Waals surface area contributed by atoms with E-state index in [9.17, 15) is 19.2 Å². The van der Waals surface area contributed by atoms with E-state index in [2.05, 4.69) is 26.2 Å². The van der Waals surface area contributed by atoms with Crippen LogP contribution in [0.1, 0.15) is 61.7 Å².